The number of morpholine rings is 1. The minimum Gasteiger partial charge on any atom is -0.378 e. The van der Waals surface area contributed by atoms with E-state index in [1.165, 1.54) is 0 Å². The number of rotatable bonds is 1. The molecule has 4 nitrogen and oxygen atoms in total. The van der Waals surface area contributed by atoms with Crippen LogP contribution in [0.4, 0.5) is 9.18 Å². The minimum absolute atomic E-state index is 0.0153. The van der Waals surface area contributed by atoms with Crippen LogP contribution in [-0.2, 0) is 4.74 Å². The van der Waals surface area contributed by atoms with E-state index in [4.69, 9.17) is 4.74 Å². The van der Waals surface area contributed by atoms with Crippen LogP contribution in [0.15, 0.2) is 0 Å². The van der Waals surface area contributed by atoms with Gasteiger partial charge in [-0.25, -0.2) is 9.18 Å². The van der Waals surface area contributed by atoms with E-state index in [-0.39, 0.29) is 12.1 Å². The molecular weight excluding hydrogens is 199 g/mol. The first-order chi connectivity index (χ1) is 7.33. The number of likely N-dealkylation sites (tertiary alicyclic amines) is 1. The summed E-state index contributed by atoms with van der Waals surface area (Å²) in [6.45, 7) is 2.74. The number of urea groups is 1. The van der Waals surface area contributed by atoms with Gasteiger partial charge in [-0.15, -0.1) is 0 Å². The highest BCUT2D eigenvalue weighted by molar-refractivity contribution is 5.75. The monoisotopic (exact) mass is 216 g/mol. The van der Waals surface area contributed by atoms with E-state index in [9.17, 15) is 9.18 Å². The van der Waals surface area contributed by atoms with Crippen LogP contribution in [0.3, 0.4) is 0 Å². The zero-order valence-corrected chi connectivity index (χ0v) is 8.82. The average Bonchev–Trinajstić information content (AvgIpc) is 2.77. The molecule has 5 heteroatoms. The molecule has 0 unspecified atom stereocenters. The molecule has 86 valence electrons. The molecule has 0 aromatic heterocycles. The van der Waals surface area contributed by atoms with Gasteiger partial charge in [-0.1, -0.05) is 0 Å². The van der Waals surface area contributed by atoms with Crippen LogP contribution in [-0.4, -0.2) is 61.4 Å². The molecule has 2 heterocycles. The molecule has 2 rings (SSSR count). The molecule has 0 aliphatic carbocycles. The highest BCUT2D eigenvalue weighted by Gasteiger charge is 2.32. The average molecular weight is 216 g/mol. The Morgan fingerprint density at radius 2 is 2.07 bits per heavy atom. The van der Waals surface area contributed by atoms with Crippen LogP contribution in [0.1, 0.15) is 12.8 Å². The van der Waals surface area contributed by atoms with Gasteiger partial charge in [-0.3, -0.25) is 0 Å². The van der Waals surface area contributed by atoms with E-state index < -0.39 is 6.67 Å². The molecule has 2 aliphatic heterocycles. The van der Waals surface area contributed by atoms with Crippen molar-refractivity contribution in [2.45, 2.75) is 18.9 Å². The van der Waals surface area contributed by atoms with Crippen LogP contribution in [0.2, 0.25) is 0 Å². The lowest BCUT2D eigenvalue weighted by molar-refractivity contribution is 0.0413. The van der Waals surface area contributed by atoms with E-state index >= 15 is 0 Å². The topological polar surface area (TPSA) is 32.8 Å². The second-order valence-electron chi connectivity index (χ2n) is 4.03. The predicted octanol–water partition coefficient (Wildman–Crippen LogP) is 0.872. The third-order valence-electron chi connectivity index (χ3n) is 3.08. The Balaban J connectivity index is 1.93. The van der Waals surface area contributed by atoms with Crippen LogP contribution < -0.4 is 0 Å². The summed E-state index contributed by atoms with van der Waals surface area (Å²) >= 11 is 0. The summed E-state index contributed by atoms with van der Waals surface area (Å²) in [6.07, 6.45) is 1.72. The van der Waals surface area contributed by atoms with Crippen molar-refractivity contribution in [1.82, 2.24) is 9.80 Å². The van der Waals surface area contributed by atoms with E-state index in [1.807, 2.05) is 0 Å². The van der Waals surface area contributed by atoms with Gasteiger partial charge in [-0.05, 0) is 12.8 Å². The molecule has 2 fully saturated rings. The Morgan fingerprint density at radius 1 is 1.33 bits per heavy atom. The van der Waals surface area contributed by atoms with Gasteiger partial charge < -0.3 is 14.5 Å². The minimum atomic E-state index is -0.421. The molecule has 2 amide bonds. The Bertz CT molecular complexity index is 231. The maximum absolute atomic E-state index is 12.6. The first kappa shape index (κ1) is 10.7. The second-order valence-corrected chi connectivity index (χ2v) is 4.03. The molecule has 0 radical (unpaired) electrons. The van der Waals surface area contributed by atoms with E-state index in [2.05, 4.69) is 0 Å². The fraction of sp³-hybridized carbons (Fsp3) is 0.900. The number of carbonyl (C=O) groups is 1. The highest BCUT2D eigenvalue weighted by Crippen LogP contribution is 2.19. The number of hydrogen-bond acceptors (Lipinski definition) is 2. The number of nitrogens with zero attached hydrogens (tertiary/aromatic N) is 2. The van der Waals surface area contributed by atoms with Gasteiger partial charge in [0.1, 0.15) is 6.67 Å². The maximum atomic E-state index is 12.6. The fourth-order valence-electron chi connectivity index (χ4n) is 2.18. The van der Waals surface area contributed by atoms with Crippen LogP contribution >= 0.6 is 0 Å². The van der Waals surface area contributed by atoms with Gasteiger partial charge in [0, 0.05) is 19.6 Å². The number of amides is 2. The van der Waals surface area contributed by atoms with Crippen molar-refractivity contribution in [3.63, 3.8) is 0 Å². The first-order valence-electron chi connectivity index (χ1n) is 5.52. The Labute approximate surface area is 89.0 Å². The van der Waals surface area contributed by atoms with E-state index in [0.717, 1.165) is 12.8 Å². The van der Waals surface area contributed by atoms with E-state index in [0.29, 0.717) is 32.8 Å². The summed E-state index contributed by atoms with van der Waals surface area (Å²) in [5, 5.41) is 0. The quantitative estimate of drug-likeness (QED) is 0.651. The Hall–Kier alpha value is -0.840. The van der Waals surface area contributed by atoms with E-state index in [1.54, 1.807) is 9.80 Å². The zero-order valence-electron chi connectivity index (χ0n) is 8.82. The SMILES string of the molecule is O=C(N1CCOCC1)N1CCC[C@@H]1CF. The molecule has 0 spiro atoms. The molecule has 1 atom stereocenters. The van der Waals surface area contributed by atoms with Gasteiger partial charge in [0.25, 0.3) is 0 Å². The molecule has 2 saturated heterocycles. The summed E-state index contributed by atoms with van der Waals surface area (Å²) in [5.74, 6) is 0. The lowest BCUT2D eigenvalue weighted by Crippen LogP contribution is -2.50. The van der Waals surface area contributed by atoms with Crippen molar-refractivity contribution in [3.8, 4) is 0 Å². The molecule has 0 aromatic carbocycles. The van der Waals surface area contributed by atoms with Gasteiger partial charge in [0.2, 0.25) is 0 Å². The first-order valence-corrected chi connectivity index (χ1v) is 5.52. The van der Waals surface area contributed by atoms with Crippen molar-refractivity contribution in [1.29, 1.82) is 0 Å². The van der Waals surface area contributed by atoms with Crippen molar-refractivity contribution in [2.75, 3.05) is 39.5 Å². The molecule has 0 aromatic rings. The maximum Gasteiger partial charge on any atom is 0.320 e. The van der Waals surface area contributed by atoms with Crippen LogP contribution in [0.5, 0.6) is 0 Å². The van der Waals surface area contributed by atoms with Gasteiger partial charge in [0.05, 0.1) is 19.3 Å². The smallest absolute Gasteiger partial charge is 0.320 e. The third kappa shape index (κ3) is 2.22. The van der Waals surface area contributed by atoms with Gasteiger partial charge in [-0.2, -0.15) is 0 Å². The van der Waals surface area contributed by atoms with Crippen molar-refractivity contribution >= 4 is 6.03 Å². The number of alkyl halides is 1. The summed E-state index contributed by atoms with van der Waals surface area (Å²) in [6, 6.07) is -0.209. The second kappa shape index (κ2) is 4.79. The van der Waals surface area contributed by atoms with Crippen molar-refractivity contribution < 1.29 is 13.9 Å². The lowest BCUT2D eigenvalue weighted by atomic mass is 10.2. The Morgan fingerprint density at radius 3 is 2.73 bits per heavy atom. The fourth-order valence-corrected chi connectivity index (χ4v) is 2.18. The van der Waals surface area contributed by atoms with Crippen molar-refractivity contribution in [2.24, 2.45) is 0 Å². The highest BCUT2D eigenvalue weighted by atomic mass is 19.1. The van der Waals surface area contributed by atoms with Crippen LogP contribution in [0.25, 0.3) is 0 Å². The number of halogens is 1. The molecular formula is C10H17FN2O2. The van der Waals surface area contributed by atoms with Crippen molar-refractivity contribution in [3.05, 3.63) is 0 Å². The standard InChI is InChI=1S/C10H17FN2O2/c11-8-9-2-1-3-13(9)10(14)12-4-6-15-7-5-12/h9H,1-8H2/t9-/m1/s1. The zero-order chi connectivity index (χ0) is 10.7. The largest absolute Gasteiger partial charge is 0.378 e. The summed E-state index contributed by atoms with van der Waals surface area (Å²) in [4.78, 5) is 15.4. The normalized spacial score (nSPS) is 27.1. The predicted molar refractivity (Wildman–Crippen MR) is 53.5 cm³/mol. The van der Waals surface area contributed by atoms with Gasteiger partial charge >= 0.3 is 6.03 Å². The summed E-state index contributed by atoms with van der Waals surface area (Å²) in [7, 11) is 0. The summed E-state index contributed by atoms with van der Waals surface area (Å²) < 4.78 is 17.8. The molecule has 2 aliphatic rings. The van der Waals surface area contributed by atoms with Crippen LogP contribution in [0, 0.1) is 0 Å². The van der Waals surface area contributed by atoms with Gasteiger partial charge in [0.15, 0.2) is 0 Å². The lowest BCUT2D eigenvalue weighted by Gasteiger charge is -2.33. The summed E-state index contributed by atoms with van der Waals surface area (Å²) in [5.41, 5.74) is 0. The molecule has 15 heavy (non-hydrogen) atoms. The number of carbonyl (C=O) groups excluding carboxylic acids is 1. The molecule has 0 saturated carbocycles. The third-order valence-corrected chi connectivity index (χ3v) is 3.08. The molecule has 0 bridgehead atoms. The number of ether oxygens (including phenoxy) is 1. The molecule has 0 N–H and O–H groups in total. The number of hydrogen-bond donors (Lipinski definition) is 0. The Kier molecular flexibility index (Phi) is 3.41.